The molecule has 2 N–H and O–H groups in total. The van der Waals surface area contributed by atoms with Gasteiger partial charge < -0.3 is 15.4 Å². The van der Waals surface area contributed by atoms with Gasteiger partial charge in [-0.15, -0.1) is 0 Å². The van der Waals surface area contributed by atoms with Crippen LogP contribution in [-0.2, 0) is 10.2 Å². The molecule has 1 saturated carbocycles. The molecule has 0 spiro atoms. The number of aromatic nitrogens is 3. The molecule has 1 aliphatic carbocycles. The van der Waals surface area contributed by atoms with Crippen molar-refractivity contribution in [1.29, 1.82) is 0 Å². The molecule has 1 aromatic carbocycles. The highest BCUT2D eigenvalue weighted by Gasteiger charge is 2.39. The van der Waals surface area contributed by atoms with E-state index in [9.17, 15) is 4.79 Å². The third-order valence-electron chi connectivity index (χ3n) is 6.79. The van der Waals surface area contributed by atoms with Gasteiger partial charge in [0, 0.05) is 42.5 Å². The van der Waals surface area contributed by atoms with Gasteiger partial charge in [0.15, 0.2) is 5.82 Å². The van der Waals surface area contributed by atoms with Crippen molar-refractivity contribution in [2.75, 3.05) is 25.0 Å². The summed E-state index contributed by atoms with van der Waals surface area (Å²) in [6.07, 6.45) is 5.67. The van der Waals surface area contributed by atoms with Crippen LogP contribution in [0.15, 0.2) is 67.0 Å². The number of hydrogen-bond acceptors (Lipinski definition) is 5. The summed E-state index contributed by atoms with van der Waals surface area (Å²) in [6.45, 7) is 4.34. The third kappa shape index (κ3) is 3.92. The zero-order chi connectivity index (χ0) is 23.1. The summed E-state index contributed by atoms with van der Waals surface area (Å²) in [6, 6.07) is 18.6. The molecule has 1 saturated heterocycles. The predicted molar refractivity (Wildman–Crippen MR) is 131 cm³/mol. The van der Waals surface area contributed by atoms with E-state index in [4.69, 9.17) is 4.74 Å². The molecule has 2 aliphatic rings. The molecule has 172 valence electrons. The molecule has 6 rings (SSSR count). The van der Waals surface area contributed by atoms with Crippen LogP contribution in [0.5, 0.6) is 5.75 Å². The maximum atomic E-state index is 12.1. The van der Waals surface area contributed by atoms with E-state index in [2.05, 4.69) is 57.1 Å². The number of benzene rings is 1. The molecule has 2 fully saturated rings. The number of anilines is 1. The van der Waals surface area contributed by atoms with Crippen LogP contribution in [0.25, 0.3) is 16.6 Å². The molecule has 7 heteroatoms. The minimum atomic E-state index is -0.0342. The van der Waals surface area contributed by atoms with Crippen LogP contribution >= 0.6 is 0 Å². The van der Waals surface area contributed by atoms with Crippen molar-refractivity contribution < 1.29 is 9.53 Å². The lowest BCUT2D eigenvalue weighted by atomic mass is 9.76. The summed E-state index contributed by atoms with van der Waals surface area (Å²) in [4.78, 5) is 16.6. The Morgan fingerprint density at radius 2 is 2.00 bits per heavy atom. The summed E-state index contributed by atoms with van der Waals surface area (Å²) in [5.74, 6) is 1.55. The second-order valence-electron chi connectivity index (χ2n) is 9.44. The van der Waals surface area contributed by atoms with E-state index in [0.717, 1.165) is 54.0 Å². The zero-order valence-corrected chi connectivity index (χ0v) is 19.1. The van der Waals surface area contributed by atoms with Crippen molar-refractivity contribution in [2.24, 2.45) is 5.92 Å². The standard InChI is InChI=1S/C27H27N5O2/c1-18-11-23(20-9-10-32-22(12-20)13-25(31-32)30-26(33)19-7-8-19)24(14-29-18)34-17-27(15-28-16-27)21-5-3-2-4-6-21/h2-6,9-14,19,28H,7-8,15-17H2,1H3,(H,30,31,33). The van der Waals surface area contributed by atoms with Gasteiger partial charge in [-0.2, -0.15) is 5.10 Å². The van der Waals surface area contributed by atoms with E-state index in [1.54, 1.807) is 4.52 Å². The number of rotatable bonds is 7. The molecule has 3 aromatic heterocycles. The Bertz CT molecular complexity index is 1360. The number of nitrogens with one attached hydrogen (secondary N) is 2. The van der Waals surface area contributed by atoms with E-state index in [1.807, 2.05) is 37.5 Å². The van der Waals surface area contributed by atoms with Crippen molar-refractivity contribution in [3.8, 4) is 16.9 Å². The molecule has 0 atom stereocenters. The molecular formula is C27H27N5O2. The summed E-state index contributed by atoms with van der Waals surface area (Å²) >= 11 is 0. The van der Waals surface area contributed by atoms with Crippen molar-refractivity contribution in [1.82, 2.24) is 19.9 Å². The van der Waals surface area contributed by atoms with E-state index < -0.39 is 0 Å². The minimum Gasteiger partial charge on any atom is -0.490 e. The van der Waals surface area contributed by atoms with Crippen molar-refractivity contribution in [2.45, 2.75) is 25.2 Å². The van der Waals surface area contributed by atoms with Gasteiger partial charge >= 0.3 is 0 Å². The lowest BCUT2D eigenvalue weighted by Gasteiger charge is -2.42. The average molecular weight is 454 g/mol. The van der Waals surface area contributed by atoms with Gasteiger partial charge in [-0.3, -0.25) is 9.78 Å². The molecule has 34 heavy (non-hydrogen) atoms. The maximum absolute atomic E-state index is 12.1. The SMILES string of the molecule is Cc1cc(-c2ccn3nc(NC(=O)C4CC4)cc3c2)c(OCC2(c3ccccc3)CNC2)cn1. The maximum Gasteiger partial charge on any atom is 0.228 e. The van der Waals surface area contributed by atoms with Crippen LogP contribution in [0.4, 0.5) is 5.82 Å². The minimum absolute atomic E-state index is 0.0342. The summed E-state index contributed by atoms with van der Waals surface area (Å²) in [5.41, 5.74) is 5.11. The quantitative estimate of drug-likeness (QED) is 0.443. The fraction of sp³-hybridized carbons (Fsp3) is 0.296. The topological polar surface area (TPSA) is 80.5 Å². The van der Waals surface area contributed by atoms with Crippen LogP contribution in [0.1, 0.15) is 24.1 Å². The summed E-state index contributed by atoms with van der Waals surface area (Å²) in [7, 11) is 0. The Hall–Kier alpha value is -3.71. The number of ether oxygens (including phenoxy) is 1. The van der Waals surface area contributed by atoms with Gasteiger partial charge in [-0.25, -0.2) is 4.52 Å². The normalized spacial score (nSPS) is 16.7. The Kier molecular flexibility index (Phi) is 5.07. The molecule has 7 nitrogen and oxygen atoms in total. The highest BCUT2D eigenvalue weighted by molar-refractivity contribution is 5.93. The molecule has 1 aliphatic heterocycles. The largest absolute Gasteiger partial charge is 0.490 e. The number of hydrogen-bond donors (Lipinski definition) is 2. The molecular weight excluding hydrogens is 426 g/mol. The van der Waals surface area contributed by atoms with Crippen LogP contribution in [-0.4, -0.2) is 40.2 Å². The molecule has 4 heterocycles. The zero-order valence-electron chi connectivity index (χ0n) is 19.1. The number of nitrogens with zero attached hydrogens (tertiary/aromatic N) is 3. The smallest absolute Gasteiger partial charge is 0.228 e. The second kappa shape index (κ2) is 8.25. The predicted octanol–water partition coefficient (Wildman–Crippen LogP) is 3.97. The third-order valence-corrected chi connectivity index (χ3v) is 6.79. The number of fused-ring (bicyclic) bond motifs is 1. The molecule has 0 unspecified atom stereocenters. The van der Waals surface area contributed by atoms with Gasteiger partial charge in [0.05, 0.1) is 17.1 Å². The Balaban J connectivity index is 1.28. The fourth-order valence-corrected chi connectivity index (χ4v) is 4.51. The summed E-state index contributed by atoms with van der Waals surface area (Å²) in [5, 5.41) is 10.8. The highest BCUT2D eigenvalue weighted by Crippen LogP contribution is 2.35. The first-order chi connectivity index (χ1) is 16.6. The van der Waals surface area contributed by atoms with Crippen LogP contribution < -0.4 is 15.4 Å². The number of carbonyl (C=O) groups excluding carboxylic acids is 1. The lowest BCUT2D eigenvalue weighted by Crippen LogP contribution is -2.60. The highest BCUT2D eigenvalue weighted by atomic mass is 16.5. The van der Waals surface area contributed by atoms with Crippen LogP contribution in [0, 0.1) is 12.8 Å². The number of pyridine rings is 2. The van der Waals surface area contributed by atoms with Gasteiger partial charge in [0.2, 0.25) is 5.91 Å². The summed E-state index contributed by atoms with van der Waals surface area (Å²) < 4.78 is 8.21. The molecule has 1 amide bonds. The van der Waals surface area contributed by atoms with Crippen molar-refractivity contribution in [3.63, 3.8) is 0 Å². The van der Waals surface area contributed by atoms with E-state index in [0.29, 0.717) is 12.4 Å². The number of carbonyl (C=O) groups is 1. The van der Waals surface area contributed by atoms with E-state index >= 15 is 0 Å². The Labute approximate surface area is 198 Å². The number of amides is 1. The Morgan fingerprint density at radius 3 is 2.74 bits per heavy atom. The second-order valence-corrected chi connectivity index (χ2v) is 9.44. The lowest BCUT2D eigenvalue weighted by molar-refractivity contribution is -0.117. The van der Waals surface area contributed by atoms with E-state index in [-0.39, 0.29) is 17.2 Å². The molecule has 0 bridgehead atoms. The Morgan fingerprint density at radius 1 is 1.18 bits per heavy atom. The fourth-order valence-electron chi connectivity index (χ4n) is 4.51. The van der Waals surface area contributed by atoms with Gasteiger partial charge in [0.25, 0.3) is 0 Å². The first-order valence-electron chi connectivity index (χ1n) is 11.8. The van der Waals surface area contributed by atoms with E-state index in [1.165, 1.54) is 5.56 Å². The monoisotopic (exact) mass is 453 g/mol. The van der Waals surface area contributed by atoms with Crippen molar-refractivity contribution >= 4 is 17.2 Å². The molecule has 0 radical (unpaired) electrons. The number of aryl methyl sites for hydroxylation is 1. The molecule has 4 aromatic rings. The van der Waals surface area contributed by atoms with Crippen molar-refractivity contribution in [3.05, 3.63) is 78.2 Å². The van der Waals surface area contributed by atoms with Gasteiger partial charge in [0.1, 0.15) is 12.4 Å². The van der Waals surface area contributed by atoms with Gasteiger partial charge in [-0.1, -0.05) is 30.3 Å². The first kappa shape index (κ1) is 20.9. The first-order valence-corrected chi connectivity index (χ1v) is 11.8. The van der Waals surface area contributed by atoms with Gasteiger partial charge in [-0.05, 0) is 49.1 Å². The van der Waals surface area contributed by atoms with Crippen LogP contribution in [0.3, 0.4) is 0 Å². The average Bonchev–Trinajstić information content (AvgIpc) is 3.60. The van der Waals surface area contributed by atoms with Crippen LogP contribution in [0.2, 0.25) is 0 Å².